The summed E-state index contributed by atoms with van der Waals surface area (Å²) in [6.07, 6.45) is -5.71. The second kappa shape index (κ2) is 9.45. The number of anilines is 2. The number of H-pyrrole nitrogens is 1. The first-order chi connectivity index (χ1) is 17.5. The Bertz CT molecular complexity index is 1190. The van der Waals surface area contributed by atoms with E-state index in [0.717, 1.165) is 31.7 Å². The first-order valence-corrected chi connectivity index (χ1v) is 11.7. The van der Waals surface area contributed by atoms with Gasteiger partial charge in [0.25, 0.3) is 0 Å². The van der Waals surface area contributed by atoms with Crippen molar-refractivity contribution < 1.29 is 30.7 Å². The van der Waals surface area contributed by atoms with Crippen LogP contribution in [0.1, 0.15) is 47.9 Å². The molecule has 0 amide bonds. The molecule has 37 heavy (non-hydrogen) atoms. The van der Waals surface area contributed by atoms with E-state index in [9.17, 15) is 30.7 Å². The van der Waals surface area contributed by atoms with Gasteiger partial charge in [-0.05, 0) is 83.8 Å². The fourth-order valence-electron chi connectivity index (χ4n) is 4.44. The van der Waals surface area contributed by atoms with Crippen LogP contribution in [0.2, 0.25) is 0 Å². The number of benzene rings is 1. The lowest BCUT2D eigenvalue weighted by Crippen LogP contribution is -2.28. The van der Waals surface area contributed by atoms with Gasteiger partial charge in [0.1, 0.15) is 5.82 Å². The zero-order valence-corrected chi connectivity index (χ0v) is 19.2. The molecule has 2 N–H and O–H groups in total. The summed E-state index contributed by atoms with van der Waals surface area (Å²) in [6.45, 7) is -0.457. The predicted octanol–water partition coefficient (Wildman–Crippen LogP) is 5.58. The van der Waals surface area contributed by atoms with Gasteiger partial charge in [0.15, 0.2) is 0 Å². The molecule has 2 aliphatic rings. The number of pyridine rings is 1. The molecular weight excluding hydrogens is 507 g/mol. The predicted molar refractivity (Wildman–Crippen MR) is 118 cm³/mol. The van der Waals surface area contributed by atoms with Gasteiger partial charge >= 0.3 is 12.4 Å². The van der Waals surface area contributed by atoms with E-state index in [1.165, 1.54) is 11.0 Å². The van der Waals surface area contributed by atoms with Crippen LogP contribution in [0.25, 0.3) is 0 Å². The molecule has 198 valence electrons. The Kier molecular flexibility index (Phi) is 6.44. The molecule has 2 saturated carbocycles. The van der Waals surface area contributed by atoms with Crippen molar-refractivity contribution in [1.82, 2.24) is 25.6 Å². The van der Waals surface area contributed by atoms with Gasteiger partial charge in [-0.3, -0.25) is 0 Å². The molecule has 14 heteroatoms. The molecule has 3 aromatic rings. The SMILES string of the molecule is Fc1ccc(CN(Cc2cc(C(F)(F)F)cc(C(F)(F)F)c2)c2nnn[nH]2)c(NC(C2CC2)C2CC2)n1. The first-order valence-electron chi connectivity index (χ1n) is 11.7. The molecule has 0 atom stereocenters. The zero-order chi connectivity index (χ0) is 26.4. The van der Waals surface area contributed by atoms with E-state index < -0.39 is 36.0 Å². The van der Waals surface area contributed by atoms with Crippen LogP contribution < -0.4 is 10.2 Å². The van der Waals surface area contributed by atoms with Crippen molar-refractivity contribution in [2.24, 2.45) is 11.8 Å². The lowest BCUT2D eigenvalue weighted by Gasteiger charge is -2.25. The molecule has 0 spiro atoms. The molecule has 0 radical (unpaired) electrons. The van der Waals surface area contributed by atoms with Crippen molar-refractivity contribution >= 4 is 11.8 Å². The third-order valence-electron chi connectivity index (χ3n) is 6.52. The molecular formula is C23H22F7N7. The Hall–Kier alpha value is -3.45. The summed E-state index contributed by atoms with van der Waals surface area (Å²) < 4.78 is 94.3. The summed E-state index contributed by atoms with van der Waals surface area (Å²) in [7, 11) is 0. The van der Waals surface area contributed by atoms with Crippen LogP contribution in [0.15, 0.2) is 30.3 Å². The van der Waals surface area contributed by atoms with E-state index in [0.29, 0.717) is 29.5 Å². The van der Waals surface area contributed by atoms with Gasteiger partial charge in [-0.1, -0.05) is 5.10 Å². The van der Waals surface area contributed by atoms with Crippen LogP contribution in [0, 0.1) is 17.8 Å². The molecule has 2 fully saturated rings. The Morgan fingerprint density at radius 1 is 0.919 bits per heavy atom. The van der Waals surface area contributed by atoms with Gasteiger partial charge in [-0.2, -0.15) is 30.7 Å². The molecule has 7 nitrogen and oxygen atoms in total. The van der Waals surface area contributed by atoms with Gasteiger partial charge in [0.2, 0.25) is 11.9 Å². The maximum absolute atomic E-state index is 14.1. The molecule has 0 unspecified atom stereocenters. The van der Waals surface area contributed by atoms with Gasteiger partial charge in [0.05, 0.1) is 11.1 Å². The minimum atomic E-state index is -4.98. The van der Waals surface area contributed by atoms with Crippen LogP contribution >= 0.6 is 0 Å². The van der Waals surface area contributed by atoms with Crippen molar-refractivity contribution in [3.63, 3.8) is 0 Å². The number of tetrazole rings is 1. The standard InChI is InChI=1S/C23H22F7N7/c24-18-6-5-15(20(31-18)32-19(13-1-2-13)14-3-4-14)11-37(21-33-35-36-34-21)10-12-7-16(22(25,26)27)9-17(8-12)23(28,29)30/h5-9,13-14,19H,1-4,10-11H2,(H,31,32)(H,33,34,35,36). The lowest BCUT2D eigenvalue weighted by atomic mass is 10.0. The van der Waals surface area contributed by atoms with Gasteiger partial charge in [-0.15, -0.1) is 0 Å². The second-order valence-corrected chi connectivity index (χ2v) is 9.48. The highest BCUT2D eigenvalue weighted by molar-refractivity contribution is 5.48. The highest BCUT2D eigenvalue weighted by Gasteiger charge is 2.42. The number of nitrogens with zero attached hydrogens (tertiary/aromatic N) is 5. The Balaban J connectivity index is 1.47. The summed E-state index contributed by atoms with van der Waals surface area (Å²) in [4.78, 5) is 5.38. The van der Waals surface area contributed by atoms with Crippen molar-refractivity contribution in [3.05, 3.63) is 58.5 Å². The van der Waals surface area contributed by atoms with E-state index in [2.05, 4.69) is 30.9 Å². The number of aromatic amines is 1. The molecule has 2 aromatic heterocycles. The molecule has 2 aliphatic carbocycles. The van der Waals surface area contributed by atoms with Crippen LogP contribution in [-0.2, 0) is 25.4 Å². The third-order valence-corrected chi connectivity index (χ3v) is 6.52. The fourth-order valence-corrected chi connectivity index (χ4v) is 4.44. The molecule has 0 aliphatic heterocycles. The van der Waals surface area contributed by atoms with E-state index in [1.54, 1.807) is 0 Å². The average Bonchev–Trinajstić information content (AvgIpc) is 3.76. The third kappa shape index (κ3) is 6.10. The van der Waals surface area contributed by atoms with E-state index in [1.807, 2.05) is 0 Å². The Morgan fingerprint density at radius 2 is 1.54 bits per heavy atom. The largest absolute Gasteiger partial charge is 0.416 e. The summed E-state index contributed by atoms with van der Waals surface area (Å²) >= 11 is 0. The summed E-state index contributed by atoms with van der Waals surface area (Å²) in [5.74, 6) is 0.512. The highest BCUT2D eigenvalue weighted by atomic mass is 19.4. The molecule has 1 aromatic carbocycles. The minimum absolute atomic E-state index is 0.0159. The summed E-state index contributed by atoms with van der Waals surface area (Å²) in [5.41, 5.74) is -2.60. The average molecular weight is 529 g/mol. The van der Waals surface area contributed by atoms with Crippen LogP contribution in [0.5, 0.6) is 0 Å². The maximum Gasteiger partial charge on any atom is 0.416 e. The number of halogens is 7. The Morgan fingerprint density at radius 3 is 2.05 bits per heavy atom. The van der Waals surface area contributed by atoms with E-state index in [4.69, 9.17) is 0 Å². The number of nitrogens with one attached hydrogen (secondary N) is 2. The monoisotopic (exact) mass is 529 g/mol. The zero-order valence-electron chi connectivity index (χ0n) is 19.2. The normalized spacial score (nSPS) is 16.3. The van der Waals surface area contributed by atoms with Crippen molar-refractivity contribution in [3.8, 4) is 0 Å². The number of hydrogen-bond acceptors (Lipinski definition) is 6. The van der Waals surface area contributed by atoms with Crippen LogP contribution in [0.4, 0.5) is 42.5 Å². The van der Waals surface area contributed by atoms with Crippen molar-refractivity contribution in [2.75, 3.05) is 10.2 Å². The van der Waals surface area contributed by atoms with Gasteiger partial charge in [0, 0.05) is 24.7 Å². The van der Waals surface area contributed by atoms with Crippen LogP contribution in [-0.4, -0.2) is 31.6 Å². The molecule has 0 saturated heterocycles. The summed E-state index contributed by atoms with van der Waals surface area (Å²) in [6, 6.07) is 4.14. The van der Waals surface area contributed by atoms with Crippen molar-refractivity contribution in [2.45, 2.75) is 57.2 Å². The Labute approximate surface area is 206 Å². The fraction of sp³-hybridized carbons (Fsp3) is 0.478. The van der Waals surface area contributed by atoms with Crippen LogP contribution in [0.3, 0.4) is 0 Å². The van der Waals surface area contributed by atoms with Gasteiger partial charge < -0.3 is 10.2 Å². The lowest BCUT2D eigenvalue weighted by molar-refractivity contribution is -0.143. The first kappa shape index (κ1) is 25.2. The maximum atomic E-state index is 14.1. The van der Waals surface area contributed by atoms with Crippen molar-refractivity contribution in [1.29, 1.82) is 0 Å². The quantitative estimate of drug-likeness (QED) is 0.278. The number of rotatable bonds is 9. The number of alkyl halides is 6. The molecule has 5 rings (SSSR count). The molecule has 0 bridgehead atoms. The minimum Gasteiger partial charge on any atom is -0.366 e. The molecule has 2 heterocycles. The van der Waals surface area contributed by atoms with E-state index >= 15 is 0 Å². The van der Waals surface area contributed by atoms with E-state index in [-0.39, 0.29) is 36.0 Å². The highest BCUT2D eigenvalue weighted by Crippen LogP contribution is 2.46. The summed E-state index contributed by atoms with van der Waals surface area (Å²) in [5, 5.41) is 16.6. The smallest absolute Gasteiger partial charge is 0.366 e. The van der Waals surface area contributed by atoms with Gasteiger partial charge in [-0.25, -0.2) is 10.1 Å². The topological polar surface area (TPSA) is 82.6 Å². The number of hydrogen-bond donors (Lipinski definition) is 2. The number of aromatic nitrogens is 5. The second-order valence-electron chi connectivity index (χ2n) is 9.48.